The first-order valence-electron chi connectivity index (χ1n) is 9.41. The number of halogens is 1. The molecule has 0 saturated carbocycles. The van der Waals surface area contributed by atoms with Gasteiger partial charge in [0.05, 0.1) is 20.8 Å². The van der Waals surface area contributed by atoms with Crippen molar-refractivity contribution in [3.8, 4) is 17.2 Å². The molecular formula is C21H26BrN3O5. The molecule has 2 aromatic carbocycles. The smallest absolute Gasteiger partial charge is 0.315 e. The van der Waals surface area contributed by atoms with Crippen LogP contribution in [0.4, 0.5) is 4.79 Å². The maximum absolute atomic E-state index is 12.0. The minimum Gasteiger partial charge on any atom is -0.493 e. The number of hydrogen-bond donors (Lipinski definition) is 3. The highest BCUT2D eigenvalue weighted by Crippen LogP contribution is 2.38. The summed E-state index contributed by atoms with van der Waals surface area (Å²) in [5, 5.41) is 8.21. The number of methoxy groups -OCH3 is 2. The molecule has 3 amide bonds. The van der Waals surface area contributed by atoms with Gasteiger partial charge in [0.15, 0.2) is 11.5 Å². The lowest BCUT2D eigenvalue weighted by atomic mass is 10.2. The molecule has 0 aromatic heterocycles. The van der Waals surface area contributed by atoms with Crippen molar-refractivity contribution in [1.82, 2.24) is 16.0 Å². The fourth-order valence-corrected chi connectivity index (χ4v) is 2.89. The maximum atomic E-state index is 12.0. The Balaban J connectivity index is 1.79. The molecule has 9 heteroatoms. The lowest BCUT2D eigenvalue weighted by Crippen LogP contribution is -2.40. The van der Waals surface area contributed by atoms with E-state index in [0.717, 1.165) is 10.0 Å². The normalized spacial score (nSPS) is 10.1. The van der Waals surface area contributed by atoms with Crippen LogP contribution in [0.5, 0.6) is 17.2 Å². The van der Waals surface area contributed by atoms with E-state index in [1.807, 2.05) is 6.92 Å². The number of amides is 3. The van der Waals surface area contributed by atoms with Crippen LogP contribution in [0.2, 0.25) is 0 Å². The second-order valence-electron chi connectivity index (χ2n) is 6.13. The minimum absolute atomic E-state index is 0.196. The zero-order valence-corrected chi connectivity index (χ0v) is 18.8. The van der Waals surface area contributed by atoms with Gasteiger partial charge in [-0.25, -0.2) is 4.79 Å². The number of carbonyl (C=O) groups excluding carboxylic acids is 2. The number of rotatable bonds is 10. The van der Waals surface area contributed by atoms with Gasteiger partial charge in [0, 0.05) is 29.7 Å². The van der Waals surface area contributed by atoms with Gasteiger partial charge in [-0.15, -0.1) is 0 Å². The molecule has 0 atom stereocenters. The zero-order chi connectivity index (χ0) is 21.9. The number of urea groups is 1. The Morgan fingerprint density at radius 3 is 2.10 bits per heavy atom. The molecular weight excluding hydrogens is 454 g/mol. The van der Waals surface area contributed by atoms with Gasteiger partial charge in [0.25, 0.3) is 5.91 Å². The van der Waals surface area contributed by atoms with Crippen LogP contribution in [-0.2, 0) is 6.54 Å². The van der Waals surface area contributed by atoms with E-state index in [2.05, 4.69) is 31.9 Å². The lowest BCUT2D eigenvalue weighted by molar-refractivity contribution is 0.0954. The highest BCUT2D eigenvalue weighted by Gasteiger charge is 2.14. The van der Waals surface area contributed by atoms with E-state index in [0.29, 0.717) is 42.5 Å². The molecule has 162 valence electrons. The molecule has 0 unspecified atom stereocenters. The van der Waals surface area contributed by atoms with Gasteiger partial charge in [0.1, 0.15) is 0 Å². The van der Waals surface area contributed by atoms with Crippen molar-refractivity contribution in [1.29, 1.82) is 0 Å². The van der Waals surface area contributed by atoms with Crippen molar-refractivity contribution in [3.05, 3.63) is 52.0 Å². The summed E-state index contributed by atoms with van der Waals surface area (Å²) < 4.78 is 17.2. The first-order chi connectivity index (χ1) is 14.5. The van der Waals surface area contributed by atoms with E-state index in [1.165, 1.54) is 0 Å². The van der Waals surface area contributed by atoms with Gasteiger partial charge in [0.2, 0.25) is 5.75 Å². The minimum atomic E-state index is -0.347. The Bertz CT molecular complexity index is 833. The van der Waals surface area contributed by atoms with Crippen LogP contribution in [0.15, 0.2) is 40.9 Å². The van der Waals surface area contributed by atoms with Crippen molar-refractivity contribution >= 4 is 27.9 Å². The Hall–Kier alpha value is -2.94. The van der Waals surface area contributed by atoms with Crippen LogP contribution in [0.3, 0.4) is 0 Å². The fraction of sp³-hybridized carbons (Fsp3) is 0.333. The van der Waals surface area contributed by atoms with Crippen LogP contribution in [0, 0.1) is 0 Å². The number of ether oxygens (including phenoxy) is 3. The summed E-state index contributed by atoms with van der Waals surface area (Å²) in [6.45, 7) is 3.23. The summed E-state index contributed by atoms with van der Waals surface area (Å²) in [7, 11) is 3.09. The number of carbonyl (C=O) groups is 2. The largest absolute Gasteiger partial charge is 0.493 e. The summed E-state index contributed by atoms with van der Waals surface area (Å²) in [6.07, 6.45) is 0. The monoisotopic (exact) mass is 479 g/mol. The molecule has 0 saturated heterocycles. The van der Waals surface area contributed by atoms with E-state index in [9.17, 15) is 9.59 Å². The van der Waals surface area contributed by atoms with Crippen molar-refractivity contribution in [2.24, 2.45) is 0 Å². The van der Waals surface area contributed by atoms with Crippen molar-refractivity contribution in [3.63, 3.8) is 0 Å². The van der Waals surface area contributed by atoms with Crippen molar-refractivity contribution in [2.45, 2.75) is 13.5 Å². The summed E-state index contributed by atoms with van der Waals surface area (Å²) in [5.74, 6) is 1.39. The van der Waals surface area contributed by atoms with Gasteiger partial charge in [-0.05, 0) is 48.9 Å². The summed E-state index contributed by atoms with van der Waals surface area (Å²) in [6, 6.07) is 10.3. The topological polar surface area (TPSA) is 97.9 Å². The molecule has 8 nitrogen and oxygen atoms in total. The van der Waals surface area contributed by atoms with Crippen LogP contribution in [-0.4, -0.2) is 45.9 Å². The first-order valence-corrected chi connectivity index (χ1v) is 10.2. The number of benzene rings is 2. The third-order valence-corrected chi connectivity index (χ3v) is 4.59. The Kier molecular flexibility index (Phi) is 9.27. The van der Waals surface area contributed by atoms with Gasteiger partial charge in [-0.1, -0.05) is 15.9 Å². The highest BCUT2D eigenvalue weighted by atomic mass is 79.9. The second kappa shape index (κ2) is 11.9. The zero-order valence-electron chi connectivity index (χ0n) is 17.2. The molecule has 0 bridgehead atoms. The summed E-state index contributed by atoms with van der Waals surface area (Å²) >= 11 is 3.33. The van der Waals surface area contributed by atoms with Gasteiger partial charge in [-0.3, -0.25) is 4.79 Å². The number of nitrogens with one attached hydrogen (secondary N) is 3. The van der Waals surface area contributed by atoms with Crippen LogP contribution in [0.1, 0.15) is 22.8 Å². The van der Waals surface area contributed by atoms with E-state index >= 15 is 0 Å². The molecule has 30 heavy (non-hydrogen) atoms. The third-order valence-electron chi connectivity index (χ3n) is 4.06. The van der Waals surface area contributed by atoms with E-state index in [4.69, 9.17) is 14.2 Å². The van der Waals surface area contributed by atoms with E-state index < -0.39 is 0 Å². The Labute approximate surface area is 184 Å². The summed E-state index contributed by atoms with van der Waals surface area (Å²) in [4.78, 5) is 24.0. The molecule has 2 aromatic rings. The van der Waals surface area contributed by atoms with E-state index in [1.54, 1.807) is 50.6 Å². The van der Waals surface area contributed by atoms with Crippen LogP contribution >= 0.6 is 15.9 Å². The van der Waals surface area contributed by atoms with Crippen LogP contribution < -0.4 is 30.2 Å². The molecule has 0 aliphatic heterocycles. The molecule has 0 radical (unpaired) electrons. The predicted molar refractivity (Wildman–Crippen MR) is 117 cm³/mol. The standard InChI is InChI=1S/C21H26BrN3O5/c1-4-30-19-17(28-2)11-14(12-18(19)29-3)13-25-21(27)24-10-9-23-20(26)15-5-7-16(22)8-6-15/h5-8,11-12H,4,9-10,13H2,1-3H3,(H,23,26)(H2,24,25,27). The molecule has 3 N–H and O–H groups in total. The SMILES string of the molecule is CCOc1c(OC)cc(CNC(=O)NCCNC(=O)c2ccc(Br)cc2)cc1OC. The van der Waals surface area contributed by atoms with Gasteiger partial charge >= 0.3 is 6.03 Å². The molecule has 0 aliphatic carbocycles. The Morgan fingerprint density at radius 2 is 1.53 bits per heavy atom. The van der Waals surface area contributed by atoms with Crippen LogP contribution in [0.25, 0.3) is 0 Å². The van der Waals surface area contributed by atoms with E-state index in [-0.39, 0.29) is 18.5 Å². The summed E-state index contributed by atoms with van der Waals surface area (Å²) in [5.41, 5.74) is 1.35. The fourth-order valence-electron chi connectivity index (χ4n) is 2.62. The molecule has 0 heterocycles. The number of hydrogen-bond acceptors (Lipinski definition) is 5. The quantitative estimate of drug-likeness (QED) is 0.454. The third kappa shape index (κ3) is 6.84. The predicted octanol–water partition coefficient (Wildman–Crippen LogP) is 3.09. The average molecular weight is 480 g/mol. The first kappa shape index (κ1) is 23.3. The second-order valence-corrected chi connectivity index (χ2v) is 7.05. The van der Waals surface area contributed by atoms with Crippen molar-refractivity contribution < 1.29 is 23.8 Å². The van der Waals surface area contributed by atoms with Gasteiger partial charge < -0.3 is 30.2 Å². The highest BCUT2D eigenvalue weighted by molar-refractivity contribution is 9.10. The maximum Gasteiger partial charge on any atom is 0.315 e. The molecule has 0 fully saturated rings. The van der Waals surface area contributed by atoms with Crippen molar-refractivity contribution in [2.75, 3.05) is 33.9 Å². The molecule has 0 aliphatic rings. The average Bonchev–Trinajstić information content (AvgIpc) is 2.76. The molecule has 0 spiro atoms. The molecule has 2 rings (SSSR count). The van der Waals surface area contributed by atoms with Gasteiger partial charge in [-0.2, -0.15) is 0 Å². The lowest BCUT2D eigenvalue weighted by Gasteiger charge is -2.15. The Morgan fingerprint density at radius 1 is 0.933 bits per heavy atom.